The van der Waals surface area contributed by atoms with Crippen LogP contribution in [0.25, 0.3) is 0 Å². The summed E-state index contributed by atoms with van der Waals surface area (Å²) in [5.74, 6) is -0.476. The molecule has 98 valence electrons. The van der Waals surface area contributed by atoms with E-state index in [1.165, 1.54) is 18.9 Å². The van der Waals surface area contributed by atoms with E-state index in [2.05, 4.69) is 5.32 Å². The Bertz CT molecular complexity index is 430. The van der Waals surface area contributed by atoms with Gasteiger partial charge >= 0.3 is 0 Å². The first-order valence-corrected chi connectivity index (χ1v) is 6.72. The minimum atomic E-state index is -0.478. The van der Waals surface area contributed by atoms with Gasteiger partial charge in [-0.2, -0.15) is 0 Å². The first kappa shape index (κ1) is 13.5. The molecule has 0 bridgehead atoms. The van der Waals surface area contributed by atoms with Gasteiger partial charge in [0.15, 0.2) is 5.78 Å². The molecule has 0 aromatic heterocycles. The standard InChI is InChI=1S/C14H17ClFNO/c15-13-7-3-4-10(14(13)16)8-12(18)9-17-11-5-1-2-6-11/h3-4,7,11,17H,1-2,5-6,8-9H2. The van der Waals surface area contributed by atoms with Crippen molar-refractivity contribution in [3.63, 3.8) is 0 Å². The van der Waals surface area contributed by atoms with Crippen LogP contribution in [0.5, 0.6) is 0 Å². The summed E-state index contributed by atoms with van der Waals surface area (Å²) in [6.45, 7) is 0.316. The molecule has 0 saturated heterocycles. The van der Waals surface area contributed by atoms with Crippen molar-refractivity contribution >= 4 is 17.4 Å². The summed E-state index contributed by atoms with van der Waals surface area (Å²) >= 11 is 5.68. The lowest BCUT2D eigenvalue weighted by Gasteiger charge is -2.11. The Morgan fingerprint density at radius 3 is 2.83 bits per heavy atom. The van der Waals surface area contributed by atoms with Crippen molar-refractivity contribution in [3.8, 4) is 0 Å². The molecule has 0 spiro atoms. The molecule has 1 aromatic rings. The van der Waals surface area contributed by atoms with Gasteiger partial charge in [0.2, 0.25) is 0 Å². The molecule has 1 aromatic carbocycles. The molecule has 1 aliphatic rings. The van der Waals surface area contributed by atoms with Gasteiger partial charge in [-0.3, -0.25) is 4.79 Å². The quantitative estimate of drug-likeness (QED) is 0.890. The Hall–Kier alpha value is -0.930. The van der Waals surface area contributed by atoms with E-state index in [0.717, 1.165) is 12.8 Å². The molecule has 0 unspecified atom stereocenters. The highest BCUT2D eigenvalue weighted by atomic mass is 35.5. The van der Waals surface area contributed by atoms with Gasteiger partial charge in [0.25, 0.3) is 0 Å². The molecule has 0 aliphatic heterocycles. The fourth-order valence-electron chi connectivity index (χ4n) is 2.35. The summed E-state index contributed by atoms with van der Waals surface area (Å²) in [6, 6.07) is 5.22. The van der Waals surface area contributed by atoms with E-state index in [1.807, 2.05) is 0 Å². The second-order valence-electron chi connectivity index (χ2n) is 4.79. The molecule has 18 heavy (non-hydrogen) atoms. The van der Waals surface area contributed by atoms with Crippen LogP contribution in [0.2, 0.25) is 5.02 Å². The number of benzene rings is 1. The lowest BCUT2D eigenvalue weighted by atomic mass is 10.1. The smallest absolute Gasteiger partial charge is 0.151 e. The molecule has 1 saturated carbocycles. The summed E-state index contributed by atoms with van der Waals surface area (Å²) < 4.78 is 13.6. The second kappa shape index (κ2) is 6.30. The largest absolute Gasteiger partial charge is 0.307 e. The fraction of sp³-hybridized carbons (Fsp3) is 0.500. The number of carbonyl (C=O) groups is 1. The molecule has 2 rings (SSSR count). The molecule has 4 heteroatoms. The van der Waals surface area contributed by atoms with Crippen LogP contribution < -0.4 is 5.32 Å². The van der Waals surface area contributed by atoms with E-state index in [1.54, 1.807) is 12.1 Å². The van der Waals surface area contributed by atoms with Crippen LogP contribution in [0.4, 0.5) is 4.39 Å². The van der Waals surface area contributed by atoms with Crippen molar-refractivity contribution in [2.24, 2.45) is 0 Å². The van der Waals surface area contributed by atoms with E-state index in [0.29, 0.717) is 18.2 Å². The van der Waals surface area contributed by atoms with E-state index in [9.17, 15) is 9.18 Å². The van der Waals surface area contributed by atoms with E-state index in [4.69, 9.17) is 11.6 Å². The van der Waals surface area contributed by atoms with Crippen LogP contribution in [0.15, 0.2) is 18.2 Å². The number of carbonyl (C=O) groups excluding carboxylic acids is 1. The minimum absolute atomic E-state index is 0.00284. The van der Waals surface area contributed by atoms with E-state index in [-0.39, 0.29) is 17.2 Å². The third-order valence-corrected chi connectivity index (χ3v) is 3.65. The molecule has 0 radical (unpaired) electrons. The summed E-state index contributed by atoms with van der Waals surface area (Å²) in [4.78, 5) is 11.8. The van der Waals surface area contributed by atoms with Crippen LogP contribution in [0.3, 0.4) is 0 Å². The van der Waals surface area contributed by atoms with Crippen LogP contribution >= 0.6 is 11.6 Å². The Morgan fingerprint density at radius 2 is 2.11 bits per heavy atom. The maximum absolute atomic E-state index is 13.6. The number of nitrogens with one attached hydrogen (secondary N) is 1. The van der Waals surface area contributed by atoms with Crippen molar-refractivity contribution in [1.29, 1.82) is 0 Å². The van der Waals surface area contributed by atoms with Crippen LogP contribution in [0.1, 0.15) is 31.2 Å². The van der Waals surface area contributed by atoms with E-state index < -0.39 is 5.82 Å². The predicted molar refractivity (Wildman–Crippen MR) is 70.4 cm³/mol. The molecule has 2 nitrogen and oxygen atoms in total. The summed E-state index contributed by atoms with van der Waals surface area (Å²) in [6.07, 6.45) is 4.84. The molecular formula is C14H17ClFNO. The van der Waals surface area contributed by atoms with Crippen LogP contribution in [-0.4, -0.2) is 18.4 Å². The minimum Gasteiger partial charge on any atom is -0.307 e. The van der Waals surface area contributed by atoms with Gasteiger partial charge in [0.1, 0.15) is 5.82 Å². The van der Waals surface area contributed by atoms with Crippen LogP contribution in [0, 0.1) is 5.82 Å². The Balaban J connectivity index is 1.84. The predicted octanol–water partition coefficient (Wildman–Crippen LogP) is 3.12. The molecule has 1 N–H and O–H groups in total. The maximum atomic E-state index is 13.6. The lowest BCUT2D eigenvalue weighted by molar-refractivity contribution is -0.117. The van der Waals surface area contributed by atoms with Gasteiger partial charge in [0.05, 0.1) is 11.6 Å². The molecule has 0 heterocycles. The van der Waals surface area contributed by atoms with Crippen molar-refractivity contribution in [2.45, 2.75) is 38.1 Å². The molecular weight excluding hydrogens is 253 g/mol. The lowest BCUT2D eigenvalue weighted by Crippen LogP contribution is -2.32. The Labute approximate surface area is 112 Å². The number of rotatable bonds is 5. The second-order valence-corrected chi connectivity index (χ2v) is 5.20. The van der Waals surface area contributed by atoms with Crippen molar-refractivity contribution in [1.82, 2.24) is 5.32 Å². The number of Topliss-reactive ketones (excluding diaryl/α,β-unsaturated/α-hetero) is 1. The molecule has 0 amide bonds. The van der Waals surface area contributed by atoms with Crippen LogP contribution in [-0.2, 0) is 11.2 Å². The number of ketones is 1. The highest BCUT2D eigenvalue weighted by molar-refractivity contribution is 6.30. The zero-order valence-electron chi connectivity index (χ0n) is 10.2. The number of halogens is 2. The Kier molecular flexibility index (Phi) is 4.72. The van der Waals surface area contributed by atoms with Gasteiger partial charge in [-0.25, -0.2) is 4.39 Å². The first-order chi connectivity index (χ1) is 8.66. The normalized spacial score (nSPS) is 16.1. The molecule has 0 atom stereocenters. The monoisotopic (exact) mass is 269 g/mol. The highest BCUT2D eigenvalue weighted by Gasteiger charge is 2.16. The fourth-order valence-corrected chi connectivity index (χ4v) is 2.54. The van der Waals surface area contributed by atoms with Gasteiger partial charge in [-0.1, -0.05) is 36.6 Å². The van der Waals surface area contributed by atoms with Crippen molar-refractivity contribution in [3.05, 3.63) is 34.6 Å². The van der Waals surface area contributed by atoms with Crippen molar-refractivity contribution < 1.29 is 9.18 Å². The Morgan fingerprint density at radius 1 is 1.39 bits per heavy atom. The zero-order valence-corrected chi connectivity index (χ0v) is 11.0. The topological polar surface area (TPSA) is 29.1 Å². The van der Waals surface area contributed by atoms with Gasteiger partial charge in [-0.05, 0) is 24.5 Å². The van der Waals surface area contributed by atoms with Crippen molar-refractivity contribution in [2.75, 3.05) is 6.54 Å². The maximum Gasteiger partial charge on any atom is 0.151 e. The SMILES string of the molecule is O=C(CNC1CCCC1)Cc1cccc(Cl)c1F. The zero-order chi connectivity index (χ0) is 13.0. The molecule has 1 fully saturated rings. The van der Waals surface area contributed by atoms with E-state index >= 15 is 0 Å². The number of hydrogen-bond donors (Lipinski definition) is 1. The van der Waals surface area contributed by atoms with Gasteiger partial charge < -0.3 is 5.32 Å². The van der Waals surface area contributed by atoms with Gasteiger partial charge in [0, 0.05) is 12.5 Å². The average Bonchev–Trinajstić information content (AvgIpc) is 2.86. The third kappa shape index (κ3) is 3.53. The summed E-state index contributed by atoms with van der Waals surface area (Å²) in [5, 5.41) is 3.30. The molecule has 1 aliphatic carbocycles. The third-order valence-electron chi connectivity index (χ3n) is 3.36. The number of hydrogen-bond acceptors (Lipinski definition) is 2. The van der Waals surface area contributed by atoms with Gasteiger partial charge in [-0.15, -0.1) is 0 Å². The first-order valence-electron chi connectivity index (χ1n) is 6.35. The summed E-state index contributed by atoms with van der Waals surface area (Å²) in [5.41, 5.74) is 0.376. The summed E-state index contributed by atoms with van der Waals surface area (Å²) in [7, 11) is 0. The highest BCUT2D eigenvalue weighted by Crippen LogP contribution is 2.19. The average molecular weight is 270 g/mol.